The molecule has 2 unspecified atom stereocenters. The van der Waals surface area contributed by atoms with E-state index in [0.717, 1.165) is 72.8 Å². The molecular weight excluding hydrogens is 750 g/mol. The first-order valence-corrected chi connectivity index (χ1v) is 14.4. The maximum absolute atomic E-state index is 13.1. The topological polar surface area (TPSA) is 65.0 Å². The summed E-state index contributed by atoms with van der Waals surface area (Å²) in [5.41, 5.74) is -4.64. The van der Waals surface area contributed by atoms with Gasteiger partial charge in [-0.15, -0.1) is 0 Å². The molecule has 19 heteroatoms. The molecule has 0 amide bonds. The van der Waals surface area contributed by atoms with Crippen LogP contribution in [0.1, 0.15) is 53.9 Å². The summed E-state index contributed by atoms with van der Waals surface area (Å²) in [4.78, 5) is 12.2. The van der Waals surface area contributed by atoms with Crippen molar-refractivity contribution in [2.45, 2.75) is 43.8 Å². The molecule has 4 aromatic carbocycles. The largest absolute Gasteiger partial charge is 1.00 e. The van der Waals surface area contributed by atoms with Crippen LogP contribution in [-0.4, -0.2) is 41.7 Å². The second kappa shape index (κ2) is 19.5. The number of aliphatic hydroxyl groups excluding tert-OH is 1. The molecule has 0 heterocycles. The van der Waals surface area contributed by atoms with Gasteiger partial charge in [-0.1, -0.05) is 48.5 Å². The number of hydrogen-bond acceptors (Lipinski definition) is 5. The zero-order chi connectivity index (χ0) is 38.2. The molecule has 0 saturated carbocycles. The second-order valence-corrected chi connectivity index (χ2v) is 10.3. The number of benzene rings is 4. The molecule has 0 saturated heterocycles. The van der Waals surface area contributed by atoms with Crippen molar-refractivity contribution in [2.24, 2.45) is 0 Å². The Labute approximate surface area is 318 Å². The summed E-state index contributed by atoms with van der Waals surface area (Å²) < 4.78 is 170. The molecule has 4 aromatic rings. The minimum atomic E-state index is -4.77. The van der Waals surface area contributed by atoms with Gasteiger partial charge in [-0.05, 0) is 61.0 Å². The molecule has 0 aliphatic heterocycles. The van der Waals surface area contributed by atoms with Crippen molar-refractivity contribution in [1.82, 2.24) is 0 Å². The van der Waals surface area contributed by atoms with Gasteiger partial charge in [0.15, 0.2) is 17.4 Å². The van der Waals surface area contributed by atoms with Crippen molar-refractivity contribution in [1.29, 1.82) is 0 Å². The van der Waals surface area contributed by atoms with Gasteiger partial charge in [-0.25, -0.2) is 4.79 Å². The van der Waals surface area contributed by atoms with Gasteiger partial charge in [0.05, 0.1) is 35.5 Å². The predicted octanol–water partition coefficient (Wildman–Crippen LogP) is 6.18. The number of rotatable bonds is 9. The minimum Gasteiger partial charge on any atom is -1.00 e. The number of hydrogen-bond donors (Lipinski definition) is 1. The van der Waals surface area contributed by atoms with E-state index in [1.165, 1.54) is 25.1 Å². The number of aliphatic hydroxyl groups is 1. The van der Waals surface area contributed by atoms with Crippen LogP contribution in [0.15, 0.2) is 97.1 Å². The molecule has 0 fully saturated rings. The van der Waals surface area contributed by atoms with Crippen molar-refractivity contribution in [3.05, 3.63) is 130 Å². The Hall–Kier alpha value is -3.80. The Morgan fingerprint density at radius 3 is 1.45 bits per heavy atom. The summed E-state index contributed by atoms with van der Waals surface area (Å²) in [5.74, 6) is -2.37. The van der Waals surface area contributed by atoms with Crippen LogP contribution in [0.4, 0.5) is 52.7 Å². The number of alkyl halides is 12. The summed E-state index contributed by atoms with van der Waals surface area (Å²) in [6.45, 7) is 0.539. The van der Waals surface area contributed by atoms with E-state index in [1.807, 2.05) is 0 Å². The fraction of sp³-hybridized carbons (Fsp3) is 0.265. The number of ether oxygens (including phenoxy) is 3. The summed E-state index contributed by atoms with van der Waals surface area (Å²) in [6.07, 6.45) is -21.9. The van der Waals surface area contributed by atoms with Gasteiger partial charge in [-0.3, -0.25) is 0 Å². The van der Waals surface area contributed by atoms with E-state index in [9.17, 15) is 62.6 Å². The second-order valence-electron chi connectivity index (χ2n) is 10.3. The Balaban J connectivity index is 0.000000991. The average molecular weight is 781 g/mol. The van der Waals surface area contributed by atoms with Crippen LogP contribution in [0.3, 0.4) is 0 Å². The van der Waals surface area contributed by atoms with Crippen LogP contribution in [0, 0.1) is 0 Å². The van der Waals surface area contributed by atoms with E-state index in [-0.39, 0.29) is 55.4 Å². The Bertz CT molecular complexity index is 1770. The first-order chi connectivity index (χ1) is 23.7. The van der Waals surface area contributed by atoms with Crippen molar-refractivity contribution in [2.75, 3.05) is 13.2 Å². The van der Waals surface area contributed by atoms with E-state index in [2.05, 4.69) is 0 Å². The van der Waals surface area contributed by atoms with Crippen LogP contribution in [-0.2, 0) is 34.2 Å². The smallest absolute Gasteiger partial charge is 1.00 e. The van der Waals surface area contributed by atoms with Crippen molar-refractivity contribution >= 4 is 23.3 Å². The van der Waals surface area contributed by atoms with Gasteiger partial charge in [0.25, 0.3) is 0 Å². The number of carbonyl (C=O) groups excluding carboxylic acids is 1. The molecule has 284 valence electrons. The Morgan fingerprint density at radius 1 is 0.623 bits per heavy atom. The molecule has 0 radical (unpaired) electrons. The number of esters is 1. The molecule has 1 N–H and O–H groups in total. The van der Waals surface area contributed by atoms with E-state index in [1.54, 1.807) is 0 Å². The summed E-state index contributed by atoms with van der Waals surface area (Å²) in [7, 11) is 0. The van der Waals surface area contributed by atoms with Gasteiger partial charge in [-0.2, -0.15) is 52.7 Å². The predicted molar refractivity (Wildman–Crippen MR) is 167 cm³/mol. The van der Waals surface area contributed by atoms with E-state index in [4.69, 9.17) is 14.2 Å². The molecule has 2 atom stereocenters. The number of carbonyl (C=O) groups is 1. The van der Waals surface area contributed by atoms with Crippen molar-refractivity contribution in [3.63, 3.8) is 0 Å². The summed E-state index contributed by atoms with van der Waals surface area (Å²) in [5, 5.41) is 9.34. The fourth-order valence-corrected chi connectivity index (χ4v) is 4.36. The maximum Gasteiger partial charge on any atom is 1.00 e. The molecule has 4 rings (SSSR count). The average Bonchev–Trinajstić information content (AvgIpc) is 3.05. The fourth-order valence-electron chi connectivity index (χ4n) is 4.36. The minimum absolute atomic E-state index is 0. The van der Waals surface area contributed by atoms with E-state index < -0.39 is 83.2 Å². The monoisotopic (exact) mass is 780 g/mol. The van der Waals surface area contributed by atoms with Crippen LogP contribution in [0.5, 0.6) is 11.5 Å². The normalized spacial score (nSPS) is 12.9. The van der Waals surface area contributed by atoms with E-state index in [0.29, 0.717) is 6.07 Å². The first kappa shape index (κ1) is 47.2. The van der Waals surface area contributed by atoms with Gasteiger partial charge < -0.3 is 20.7 Å². The van der Waals surface area contributed by atoms with Crippen LogP contribution in [0.2, 0.25) is 0 Å². The van der Waals surface area contributed by atoms with E-state index >= 15 is 0 Å². The maximum atomic E-state index is 13.1. The third-order valence-electron chi connectivity index (χ3n) is 6.67. The summed E-state index contributed by atoms with van der Waals surface area (Å²) in [6, 6.07) is 15.9. The van der Waals surface area contributed by atoms with Crippen LogP contribution >= 0.6 is 0 Å². The molecule has 0 bridgehead atoms. The zero-order valence-electron chi connectivity index (χ0n) is 27.9. The first-order valence-electron chi connectivity index (χ1n) is 14.4. The van der Waals surface area contributed by atoms with Gasteiger partial charge in [0.1, 0.15) is 17.6 Å². The van der Waals surface area contributed by atoms with Gasteiger partial charge in [0.2, 0.25) is 6.10 Å². The molecule has 0 aromatic heterocycles. The third-order valence-corrected chi connectivity index (χ3v) is 6.67. The van der Waals surface area contributed by atoms with Crippen molar-refractivity contribution < 1.29 is 97.1 Å². The Morgan fingerprint density at radius 2 is 1.04 bits per heavy atom. The van der Waals surface area contributed by atoms with Crippen molar-refractivity contribution in [3.8, 4) is 11.5 Å². The standard InChI is InChI=1S/C18H14F6O3.C16H12F6O2.Al.Li.4H/c1-2-26-16(25)15(11-6-5-7-12(10-11)17(19,20)21)27-14-9-4-3-8-13(14)18(22,23)24;17-15(18,19)11-5-3-4-10(8-11)14(9-23)24-13-7-2-1-6-12(13)16(20,21)22;;;;;;/h3-10,15H,2H2,1H3;1-8,14,23H,9H2;;;;;;/q;;;+1;;;;-1. The summed E-state index contributed by atoms with van der Waals surface area (Å²) >= 11 is 0. The molecule has 0 aliphatic carbocycles. The molecular formula is C34H30AlF12LiO5. The van der Waals surface area contributed by atoms with Gasteiger partial charge >= 0.3 is 49.5 Å². The number of para-hydroxylation sites is 2. The third kappa shape index (κ3) is 13.5. The van der Waals surface area contributed by atoms with Crippen LogP contribution < -0.4 is 28.3 Å². The molecule has 0 spiro atoms. The SMILES string of the molecule is CCOC(=O)C(Oc1ccccc1C(F)(F)F)c1cccc(C(F)(F)F)c1.OCC(Oc1ccccc1C(F)(F)F)c1cccc(C(F)(F)F)c1.[AlH3].[H-].[Li+]. The quantitative estimate of drug-likeness (QED) is 0.125. The van der Waals surface area contributed by atoms with Gasteiger partial charge in [0, 0.05) is 5.56 Å². The molecule has 5 nitrogen and oxygen atoms in total. The molecule has 53 heavy (non-hydrogen) atoms. The molecule has 0 aliphatic rings. The van der Waals surface area contributed by atoms with Crippen LogP contribution in [0.25, 0.3) is 0 Å². The Kier molecular flexibility index (Phi) is 17.4. The number of halogens is 12. The zero-order valence-corrected chi connectivity index (χ0v) is 26.9.